The largest absolute Gasteiger partial charge is 0.389 e. The van der Waals surface area contributed by atoms with E-state index in [2.05, 4.69) is 19.2 Å². The molecule has 0 radical (unpaired) electrons. The van der Waals surface area contributed by atoms with Gasteiger partial charge in [0.2, 0.25) is 0 Å². The minimum Gasteiger partial charge on any atom is -0.389 e. The molecule has 1 aromatic carbocycles. The van der Waals surface area contributed by atoms with E-state index in [-0.39, 0.29) is 6.04 Å². The number of hydrogen-bond acceptors (Lipinski definition) is 2. The maximum absolute atomic E-state index is 10.7. The third-order valence-corrected chi connectivity index (χ3v) is 5.53. The normalized spacial score (nSPS) is 27.6. The fourth-order valence-electron chi connectivity index (χ4n) is 3.04. The van der Waals surface area contributed by atoms with Crippen LogP contribution in [0.5, 0.6) is 0 Å². The summed E-state index contributed by atoms with van der Waals surface area (Å²) in [6.45, 7) is 4.95. The Morgan fingerprint density at radius 3 is 2.52 bits per heavy atom. The van der Waals surface area contributed by atoms with Crippen LogP contribution in [0.1, 0.15) is 57.6 Å². The van der Waals surface area contributed by atoms with E-state index in [1.165, 1.54) is 6.42 Å². The van der Waals surface area contributed by atoms with E-state index in [9.17, 15) is 5.11 Å². The summed E-state index contributed by atoms with van der Waals surface area (Å²) in [6.07, 6.45) is 5.29. The van der Waals surface area contributed by atoms with Crippen LogP contribution in [0.3, 0.4) is 0 Å². The molecule has 1 aliphatic rings. The summed E-state index contributed by atoms with van der Waals surface area (Å²) in [6, 6.07) is 5.83. The van der Waals surface area contributed by atoms with Gasteiger partial charge in [0.15, 0.2) is 0 Å². The summed E-state index contributed by atoms with van der Waals surface area (Å²) < 4.78 is 0. The van der Waals surface area contributed by atoms with Crippen LogP contribution in [0.15, 0.2) is 18.2 Å². The first-order chi connectivity index (χ1) is 9.93. The molecule has 1 atom stereocenters. The van der Waals surface area contributed by atoms with E-state index >= 15 is 0 Å². The van der Waals surface area contributed by atoms with Gasteiger partial charge in [0.25, 0.3) is 0 Å². The molecule has 2 nitrogen and oxygen atoms in total. The molecule has 4 heteroatoms. The van der Waals surface area contributed by atoms with Gasteiger partial charge in [0, 0.05) is 12.6 Å². The molecule has 1 aliphatic carbocycles. The molecule has 1 saturated carbocycles. The molecule has 21 heavy (non-hydrogen) atoms. The second kappa shape index (κ2) is 7.32. The third-order valence-electron chi connectivity index (χ3n) is 4.79. The second-order valence-corrected chi connectivity index (χ2v) is 7.17. The molecule has 1 fully saturated rings. The predicted molar refractivity (Wildman–Crippen MR) is 90.1 cm³/mol. The Kier molecular flexibility index (Phi) is 5.96. The van der Waals surface area contributed by atoms with Crippen molar-refractivity contribution < 1.29 is 5.11 Å². The summed E-state index contributed by atoms with van der Waals surface area (Å²) in [5.74, 6) is 0.790. The highest BCUT2D eigenvalue weighted by atomic mass is 35.5. The van der Waals surface area contributed by atoms with Gasteiger partial charge in [-0.3, -0.25) is 0 Å². The average Bonchev–Trinajstić information content (AvgIpc) is 2.48. The van der Waals surface area contributed by atoms with Crippen molar-refractivity contribution in [2.24, 2.45) is 5.92 Å². The second-order valence-electron chi connectivity index (χ2n) is 6.35. The Balaban J connectivity index is 1.88. The van der Waals surface area contributed by atoms with Crippen molar-refractivity contribution in [3.63, 3.8) is 0 Å². The van der Waals surface area contributed by atoms with Crippen molar-refractivity contribution in [1.82, 2.24) is 5.32 Å². The number of rotatable bonds is 5. The summed E-state index contributed by atoms with van der Waals surface area (Å²) in [5.41, 5.74) is 0.533. The van der Waals surface area contributed by atoms with Crippen LogP contribution >= 0.6 is 23.2 Å². The number of halogens is 2. The fourth-order valence-corrected chi connectivity index (χ4v) is 3.35. The molecule has 118 valence electrons. The molecule has 0 aliphatic heterocycles. The number of aliphatic hydroxyl groups is 1. The van der Waals surface area contributed by atoms with Crippen molar-refractivity contribution in [3.8, 4) is 0 Å². The van der Waals surface area contributed by atoms with Crippen molar-refractivity contribution in [1.29, 1.82) is 0 Å². The molecule has 0 amide bonds. The smallest absolute Gasteiger partial charge is 0.0772 e. The fraction of sp³-hybridized carbons (Fsp3) is 0.647. The number of benzene rings is 1. The highest BCUT2D eigenvalue weighted by Crippen LogP contribution is 2.34. The zero-order valence-corrected chi connectivity index (χ0v) is 14.3. The predicted octanol–water partition coefficient (Wildman–Crippen LogP) is 4.98. The molecule has 1 unspecified atom stereocenters. The van der Waals surface area contributed by atoms with Crippen molar-refractivity contribution in [3.05, 3.63) is 33.8 Å². The van der Waals surface area contributed by atoms with Crippen LogP contribution < -0.4 is 5.32 Å². The summed E-state index contributed by atoms with van der Waals surface area (Å²) in [4.78, 5) is 0. The van der Waals surface area contributed by atoms with Gasteiger partial charge in [-0.25, -0.2) is 0 Å². The van der Waals surface area contributed by atoms with Gasteiger partial charge in [0.05, 0.1) is 15.6 Å². The van der Waals surface area contributed by atoms with Crippen molar-refractivity contribution in [2.45, 2.75) is 57.6 Å². The van der Waals surface area contributed by atoms with E-state index < -0.39 is 5.60 Å². The first kappa shape index (κ1) is 17.1. The summed E-state index contributed by atoms with van der Waals surface area (Å²) in [7, 11) is 0. The maximum atomic E-state index is 10.7. The monoisotopic (exact) mass is 329 g/mol. The van der Waals surface area contributed by atoms with E-state index in [1.54, 1.807) is 0 Å². The lowest BCUT2D eigenvalue weighted by Gasteiger charge is -2.36. The topological polar surface area (TPSA) is 32.3 Å². The summed E-state index contributed by atoms with van der Waals surface area (Å²) >= 11 is 12.0. The standard InChI is InChI=1S/C17H25Cl2NO/c1-3-13-6-8-17(21,9-7-13)11-20-12(2)14-4-5-15(18)16(19)10-14/h4-5,10,12-13,20-21H,3,6-9,11H2,1-2H3. The van der Waals surface area contributed by atoms with Crippen LogP contribution in [-0.2, 0) is 0 Å². The Morgan fingerprint density at radius 2 is 1.95 bits per heavy atom. The van der Waals surface area contributed by atoms with Gasteiger partial charge in [-0.2, -0.15) is 0 Å². The highest BCUT2D eigenvalue weighted by Gasteiger charge is 2.32. The van der Waals surface area contributed by atoms with Crippen molar-refractivity contribution >= 4 is 23.2 Å². The minimum absolute atomic E-state index is 0.146. The molecular weight excluding hydrogens is 305 g/mol. The molecule has 0 saturated heterocycles. The SMILES string of the molecule is CCC1CCC(O)(CNC(C)c2ccc(Cl)c(Cl)c2)CC1. The van der Waals surface area contributed by atoms with Crippen LogP contribution in [0, 0.1) is 5.92 Å². The zero-order valence-electron chi connectivity index (χ0n) is 12.8. The summed E-state index contributed by atoms with van der Waals surface area (Å²) in [5, 5.41) is 15.3. The first-order valence-corrected chi connectivity index (χ1v) is 8.60. The molecule has 1 aromatic rings. The van der Waals surface area contributed by atoms with Gasteiger partial charge in [-0.15, -0.1) is 0 Å². The highest BCUT2D eigenvalue weighted by molar-refractivity contribution is 6.42. The van der Waals surface area contributed by atoms with E-state index in [4.69, 9.17) is 23.2 Å². The number of hydrogen-bond donors (Lipinski definition) is 2. The van der Waals surface area contributed by atoms with Gasteiger partial charge < -0.3 is 10.4 Å². The molecule has 0 aromatic heterocycles. The van der Waals surface area contributed by atoms with Gasteiger partial charge >= 0.3 is 0 Å². The number of nitrogens with one attached hydrogen (secondary N) is 1. The Labute approximate surface area is 137 Å². The van der Waals surface area contributed by atoms with Crippen LogP contribution in [0.4, 0.5) is 0 Å². The van der Waals surface area contributed by atoms with Crippen molar-refractivity contribution in [2.75, 3.05) is 6.54 Å². The van der Waals surface area contributed by atoms with Crippen LogP contribution in [0.25, 0.3) is 0 Å². The van der Waals surface area contributed by atoms with Gasteiger partial charge in [-0.05, 0) is 56.2 Å². The van der Waals surface area contributed by atoms with Crippen LogP contribution in [0.2, 0.25) is 10.0 Å². The maximum Gasteiger partial charge on any atom is 0.0772 e. The van der Waals surface area contributed by atoms with Gasteiger partial charge in [0.1, 0.15) is 0 Å². The lowest BCUT2D eigenvalue weighted by molar-refractivity contribution is -0.0103. The van der Waals surface area contributed by atoms with Gasteiger partial charge in [-0.1, -0.05) is 42.6 Å². The zero-order chi connectivity index (χ0) is 15.5. The molecule has 2 rings (SSSR count). The lowest BCUT2D eigenvalue weighted by atomic mass is 9.77. The molecule has 0 spiro atoms. The quantitative estimate of drug-likeness (QED) is 0.798. The minimum atomic E-state index is -0.559. The molecule has 0 bridgehead atoms. The average molecular weight is 330 g/mol. The van der Waals surface area contributed by atoms with E-state index in [0.717, 1.165) is 37.2 Å². The Bertz CT molecular complexity index is 470. The first-order valence-electron chi connectivity index (χ1n) is 7.84. The third kappa shape index (κ3) is 4.59. The lowest BCUT2D eigenvalue weighted by Crippen LogP contribution is -2.44. The van der Waals surface area contributed by atoms with E-state index in [0.29, 0.717) is 16.6 Å². The van der Waals surface area contributed by atoms with E-state index in [1.807, 2.05) is 18.2 Å². The Morgan fingerprint density at radius 1 is 1.29 bits per heavy atom. The molecular formula is C17H25Cl2NO. The molecule has 2 N–H and O–H groups in total. The Hall–Kier alpha value is -0.280. The van der Waals surface area contributed by atoms with Crippen LogP contribution in [-0.4, -0.2) is 17.3 Å². The molecule has 0 heterocycles.